The SMILES string of the molecule is CCc1ccccc1N1CC(C(=O)N2Cc3ccccc3CC2C(=O)OC)CC1=O. The number of para-hydroxylation sites is 1. The van der Waals surface area contributed by atoms with Gasteiger partial charge in [-0.15, -0.1) is 0 Å². The lowest BCUT2D eigenvalue weighted by molar-refractivity contribution is -0.155. The van der Waals surface area contributed by atoms with Gasteiger partial charge in [0, 0.05) is 31.6 Å². The fourth-order valence-electron chi connectivity index (χ4n) is 4.51. The predicted octanol–water partition coefficient (Wildman–Crippen LogP) is 2.73. The zero-order valence-corrected chi connectivity index (χ0v) is 17.3. The topological polar surface area (TPSA) is 66.9 Å². The van der Waals surface area contributed by atoms with E-state index in [-0.39, 0.29) is 18.2 Å². The van der Waals surface area contributed by atoms with Gasteiger partial charge in [-0.05, 0) is 29.2 Å². The molecule has 0 aromatic heterocycles. The summed E-state index contributed by atoms with van der Waals surface area (Å²) in [4.78, 5) is 42.0. The molecule has 2 aromatic carbocycles. The molecule has 30 heavy (non-hydrogen) atoms. The van der Waals surface area contributed by atoms with E-state index in [0.717, 1.165) is 28.8 Å². The number of benzene rings is 2. The molecule has 2 aliphatic rings. The van der Waals surface area contributed by atoms with Crippen LogP contribution in [0.2, 0.25) is 0 Å². The Balaban J connectivity index is 1.59. The number of hydrogen-bond donors (Lipinski definition) is 0. The number of carbonyl (C=O) groups is 3. The number of carbonyl (C=O) groups excluding carboxylic acids is 3. The number of nitrogens with zero attached hydrogens (tertiary/aromatic N) is 2. The van der Waals surface area contributed by atoms with Crippen molar-refractivity contribution >= 4 is 23.5 Å². The van der Waals surface area contributed by atoms with Crippen LogP contribution in [0, 0.1) is 5.92 Å². The van der Waals surface area contributed by atoms with Crippen molar-refractivity contribution in [2.24, 2.45) is 5.92 Å². The zero-order valence-electron chi connectivity index (χ0n) is 17.3. The van der Waals surface area contributed by atoms with Gasteiger partial charge in [0.1, 0.15) is 6.04 Å². The number of aryl methyl sites for hydroxylation is 1. The maximum absolute atomic E-state index is 13.5. The Labute approximate surface area is 176 Å². The summed E-state index contributed by atoms with van der Waals surface area (Å²) in [5, 5.41) is 0. The second-order valence-corrected chi connectivity index (χ2v) is 7.87. The summed E-state index contributed by atoms with van der Waals surface area (Å²) >= 11 is 0. The summed E-state index contributed by atoms with van der Waals surface area (Å²) in [7, 11) is 1.34. The van der Waals surface area contributed by atoms with Gasteiger partial charge in [0.2, 0.25) is 11.8 Å². The highest BCUT2D eigenvalue weighted by Gasteiger charge is 2.42. The van der Waals surface area contributed by atoms with Crippen molar-refractivity contribution in [2.75, 3.05) is 18.6 Å². The van der Waals surface area contributed by atoms with Crippen LogP contribution in [0.1, 0.15) is 30.0 Å². The van der Waals surface area contributed by atoms with Crippen molar-refractivity contribution in [2.45, 2.75) is 38.8 Å². The highest BCUT2D eigenvalue weighted by atomic mass is 16.5. The minimum Gasteiger partial charge on any atom is -0.467 e. The first kappa shape index (κ1) is 20.1. The van der Waals surface area contributed by atoms with E-state index in [2.05, 4.69) is 0 Å². The monoisotopic (exact) mass is 406 g/mol. The smallest absolute Gasteiger partial charge is 0.328 e. The normalized spacial score (nSPS) is 20.8. The Morgan fingerprint density at radius 3 is 2.47 bits per heavy atom. The molecule has 2 heterocycles. The maximum atomic E-state index is 13.5. The number of fused-ring (bicyclic) bond motifs is 1. The zero-order chi connectivity index (χ0) is 21.3. The van der Waals surface area contributed by atoms with Gasteiger partial charge in [0.05, 0.1) is 13.0 Å². The Kier molecular flexibility index (Phi) is 5.57. The Bertz CT molecular complexity index is 987. The van der Waals surface area contributed by atoms with Crippen molar-refractivity contribution in [1.82, 2.24) is 4.90 Å². The molecule has 4 rings (SSSR count). The number of amides is 2. The molecule has 1 fully saturated rings. The third kappa shape index (κ3) is 3.58. The quantitative estimate of drug-likeness (QED) is 0.733. The van der Waals surface area contributed by atoms with E-state index in [9.17, 15) is 14.4 Å². The van der Waals surface area contributed by atoms with Crippen molar-refractivity contribution in [3.63, 3.8) is 0 Å². The number of ether oxygens (including phenoxy) is 1. The van der Waals surface area contributed by atoms with Crippen LogP contribution < -0.4 is 4.90 Å². The van der Waals surface area contributed by atoms with Crippen molar-refractivity contribution < 1.29 is 19.1 Å². The molecule has 6 heteroatoms. The van der Waals surface area contributed by atoms with Gasteiger partial charge in [-0.2, -0.15) is 0 Å². The first-order valence-corrected chi connectivity index (χ1v) is 10.4. The summed E-state index contributed by atoms with van der Waals surface area (Å²) in [6, 6.07) is 15.0. The van der Waals surface area contributed by atoms with Crippen molar-refractivity contribution in [3.05, 3.63) is 65.2 Å². The molecule has 0 saturated carbocycles. The average molecular weight is 406 g/mol. The van der Waals surface area contributed by atoms with Gasteiger partial charge in [-0.1, -0.05) is 49.4 Å². The van der Waals surface area contributed by atoms with Gasteiger partial charge in [0.15, 0.2) is 0 Å². The fourth-order valence-corrected chi connectivity index (χ4v) is 4.51. The molecule has 2 aromatic rings. The minimum atomic E-state index is -0.663. The van der Waals surface area contributed by atoms with E-state index in [1.54, 1.807) is 9.80 Å². The third-order valence-electron chi connectivity index (χ3n) is 6.14. The maximum Gasteiger partial charge on any atom is 0.328 e. The van der Waals surface area contributed by atoms with Crippen LogP contribution in [-0.2, 0) is 38.5 Å². The van der Waals surface area contributed by atoms with Crippen LogP contribution in [0.25, 0.3) is 0 Å². The third-order valence-corrected chi connectivity index (χ3v) is 6.14. The highest BCUT2D eigenvalue weighted by molar-refractivity contribution is 6.01. The lowest BCUT2D eigenvalue weighted by atomic mass is 9.92. The number of hydrogen-bond acceptors (Lipinski definition) is 4. The predicted molar refractivity (Wildman–Crippen MR) is 113 cm³/mol. The van der Waals surface area contributed by atoms with Gasteiger partial charge in [0.25, 0.3) is 0 Å². The molecule has 2 unspecified atom stereocenters. The summed E-state index contributed by atoms with van der Waals surface area (Å²) in [5.74, 6) is -1.11. The van der Waals surface area contributed by atoms with Crippen LogP contribution in [0.5, 0.6) is 0 Å². The molecular formula is C24H26N2O4. The van der Waals surface area contributed by atoms with Crippen LogP contribution in [-0.4, -0.2) is 42.4 Å². The number of methoxy groups -OCH3 is 1. The van der Waals surface area contributed by atoms with Crippen LogP contribution in [0.3, 0.4) is 0 Å². The van der Waals surface area contributed by atoms with Crippen LogP contribution in [0.15, 0.2) is 48.5 Å². The number of esters is 1. The molecule has 0 aliphatic carbocycles. The van der Waals surface area contributed by atoms with E-state index in [1.165, 1.54) is 7.11 Å². The van der Waals surface area contributed by atoms with Gasteiger partial charge in [-0.25, -0.2) is 4.79 Å². The second-order valence-electron chi connectivity index (χ2n) is 7.87. The van der Waals surface area contributed by atoms with Gasteiger partial charge in [-0.3, -0.25) is 9.59 Å². The molecule has 0 spiro atoms. The van der Waals surface area contributed by atoms with Crippen molar-refractivity contribution in [3.8, 4) is 0 Å². The fraction of sp³-hybridized carbons (Fsp3) is 0.375. The molecular weight excluding hydrogens is 380 g/mol. The molecule has 1 saturated heterocycles. The standard InChI is InChI=1S/C24H26N2O4/c1-3-16-8-6-7-11-20(16)25-15-19(13-22(25)27)23(28)26-14-18-10-5-4-9-17(18)12-21(26)24(29)30-2/h4-11,19,21H,3,12-15H2,1-2H3. The summed E-state index contributed by atoms with van der Waals surface area (Å²) in [5.41, 5.74) is 4.04. The van der Waals surface area contributed by atoms with Crippen LogP contribution >= 0.6 is 0 Å². The minimum absolute atomic E-state index is 0.0544. The molecule has 2 amide bonds. The van der Waals surface area contributed by atoms with E-state index >= 15 is 0 Å². The first-order chi connectivity index (χ1) is 14.5. The molecule has 0 N–H and O–H groups in total. The Morgan fingerprint density at radius 1 is 1.03 bits per heavy atom. The van der Waals surface area contributed by atoms with E-state index in [4.69, 9.17) is 4.74 Å². The summed E-state index contributed by atoms with van der Waals surface area (Å²) in [6.07, 6.45) is 1.40. The lowest BCUT2D eigenvalue weighted by Gasteiger charge is -2.36. The van der Waals surface area contributed by atoms with E-state index < -0.39 is 17.9 Å². The highest BCUT2D eigenvalue weighted by Crippen LogP contribution is 2.32. The first-order valence-electron chi connectivity index (χ1n) is 10.4. The number of rotatable bonds is 4. The molecule has 2 atom stereocenters. The Morgan fingerprint density at radius 2 is 1.73 bits per heavy atom. The number of anilines is 1. The summed E-state index contributed by atoms with van der Waals surface area (Å²) in [6.45, 7) is 2.74. The molecule has 0 radical (unpaired) electrons. The van der Waals surface area contributed by atoms with Gasteiger partial charge < -0.3 is 14.5 Å². The average Bonchev–Trinajstić information content (AvgIpc) is 3.18. The summed E-state index contributed by atoms with van der Waals surface area (Å²) < 4.78 is 4.98. The van der Waals surface area contributed by atoms with E-state index in [0.29, 0.717) is 19.5 Å². The Hall–Kier alpha value is -3.15. The van der Waals surface area contributed by atoms with Crippen molar-refractivity contribution in [1.29, 1.82) is 0 Å². The lowest BCUT2D eigenvalue weighted by Crippen LogP contribution is -2.51. The molecule has 156 valence electrons. The van der Waals surface area contributed by atoms with E-state index in [1.807, 2.05) is 55.5 Å². The van der Waals surface area contributed by atoms with Gasteiger partial charge >= 0.3 is 5.97 Å². The molecule has 2 aliphatic heterocycles. The molecule has 6 nitrogen and oxygen atoms in total. The molecule has 0 bridgehead atoms. The second kappa shape index (κ2) is 8.30. The largest absolute Gasteiger partial charge is 0.467 e. The van der Waals surface area contributed by atoms with Crippen LogP contribution in [0.4, 0.5) is 5.69 Å².